The van der Waals surface area contributed by atoms with E-state index in [1.807, 2.05) is 0 Å². The number of hydrogen-bond donors (Lipinski definition) is 3. The molecule has 0 bridgehead atoms. The molecule has 2 atom stereocenters. The Bertz CT molecular complexity index is 935. The van der Waals surface area contributed by atoms with Crippen molar-refractivity contribution in [3.63, 3.8) is 0 Å². The average molecular weight is 846 g/mol. The molecule has 0 radical (unpaired) electrons. The van der Waals surface area contributed by atoms with Gasteiger partial charge in [-0.2, -0.15) is 0 Å². The first-order valence-electron chi connectivity index (χ1n) is 26.6. The summed E-state index contributed by atoms with van der Waals surface area (Å²) in [6, 6.07) is -0.541. The van der Waals surface area contributed by atoms with E-state index >= 15 is 0 Å². The van der Waals surface area contributed by atoms with Crippen LogP contribution in [-0.4, -0.2) is 47.4 Å². The lowest BCUT2D eigenvalue weighted by atomic mass is 10.0. The van der Waals surface area contributed by atoms with Crippen LogP contribution >= 0.6 is 0 Å². The van der Waals surface area contributed by atoms with Gasteiger partial charge in [0.25, 0.3) is 0 Å². The van der Waals surface area contributed by atoms with Crippen LogP contribution in [0.2, 0.25) is 0 Å². The number of hydrogen-bond acceptors (Lipinski definition) is 5. The number of carbonyl (C=O) groups is 2. The highest BCUT2D eigenvalue weighted by molar-refractivity contribution is 5.76. The lowest BCUT2D eigenvalue weighted by molar-refractivity contribution is -0.143. The molecule has 0 aromatic rings. The van der Waals surface area contributed by atoms with Gasteiger partial charge in [-0.3, -0.25) is 9.59 Å². The van der Waals surface area contributed by atoms with E-state index < -0.39 is 12.1 Å². The molecule has 354 valence electrons. The predicted octanol–water partition coefficient (Wildman–Crippen LogP) is 15.9. The third-order valence-corrected chi connectivity index (χ3v) is 12.2. The van der Waals surface area contributed by atoms with Gasteiger partial charge in [-0.05, 0) is 51.4 Å². The van der Waals surface area contributed by atoms with Crippen LogP contribution in [0.4, 0.5) is 0 Å². The van der Waals surface area contributed by atoms with Gasteiger partial charge < -0.3 is 20.3 Å². The maximum absolute atomic E-state index is 12.4. The smallest absolute Gasteiger partial charge is 0.305 e. The summed E-state index contributed by atoms with van der Waals surface area (Å²) in [5.74, 6) is -0.0438. The number of allylic oxidation sites excluding steroid dienone is 4. The minimum Gasteiger partial charge on any atom is -0.466 e. The van der Waals surface area contributed by atoms with Crippen molar-refractivity contribution in [2.24, 2.45) is 0 Å². The molecule has 0 aromatic heterocycles. The summed E-state index contributed by atoms with van der Waals surface area (Å²) in [6.07, 6.45) is 58.7. The van der Waals surface area contributed by atoms with E-state index in [2.05, 4.69) is 43.5 Å². The standard InChI is InChI=1S/C54H103NO5/c1-3-5-7-9-11-13-15-24-28-32-36-40-44-48-54(59)60-49-45-41-37-33-29-26-23-21-19-17-16-18-20-22-25-27-31-35-39-43-47-53(58)55-51(50-56)52(57)46-42-38-34-30-14-12-10-8-6-4-2/h7,9,13,15,51-52,56-57H,3-6,8,10-12,14,16-50H2,1-2H3,(H,55,58)/b9-7-,15-13-. The molecule has 0 rings (SSSR count). The predicted molar refractivity (Wildman–Crippen MR) is 260 cm³/mol. The first-order valence-corrected chi connectivity index (χ1v) is 26.6. The zero-order valence-electron chi connectivity index (χ0n) is 40.2. The minimum absolute atomic E-state index is 0.00506. The van der Waals surface area contributed by atoms with E-state index in [1.165, 1.54) is 199 Å². The van der Waals surface area contributed by atoms with E-state index in [0.29, 0.717) is 25.9 Å². The van der Waals surface area contributed by atoms with Gasteiger partial charge in [0.05, 0.1) is 25.4 Å². The van der Waals surface area contributed by atoms with Gasteiger partial charge in [-0.1, -0.05) is 244 Å². The molecule has 6 heteroatoms. The van der Waals surface area contributed by atoms with Crippen LogP contribution in [0.15, 0.2) is 24.3 Å². The van der Waals surface area contributed by atoms with Gasteiger partial charge in [0.1, 0.15) is 0 Å². The molecular weight excluding hydrogens is 743 g/mol. The molecule has 0 heterocycles. The van der Waals surface area contributed by atoms with Crippen molar-refractivity contribution in [3.8, 4) is 0 Å². The van der Waals surface area contributed by atoms with E-state index in [4.69, 9.17) is 4.74 Å². The Balaban J connectivity index is 3.38. The van der Waals surface area contributed by atoms with Crippen molar-refractivity contribution in [1.29, 1.82) is 0 Å². The lowest BCUT2D eigenvalue weighted by Gasteiger charge is -2.22. The van der Waals surface area contributed by atoms with E-state index in [-0.39, 0.29) is 18.5 Å². The fraction of sp³-hybridized carbons (Fsp3) is 0.889. The molecule has 0 aromatic carbocycles. The maximum Gasteiger partial charge on any atom is 0.305 e. The molecule has 1 amide bonds. The monoisotopic (exact) mass is 846 g/mol. The molecule has 0 aliphatic rings. The quantitative estimate of drug-likeness (QED) is 0.0322. The second-order valence-electron chi connectivity index (χ2n) is 18.2. The topological polar surface area (TPSA) is 95.9 Å². The zero-order valence-corrected chi connectivity index (χ0v) is 40.2. The van der Waals surface area contributed by atoms with Crippen LogP contribution in [0.1, 0.15) is 284 Å². The highest BCUT2D eigenvalue weighted by Gasteiger charge is 2.20. The van der Waals surface area contributed by atoms with Crippen molar-refractivity contribution in [2.75, 3.05) is 13.2 Å². The molecule has 6 nitrogen and oxygen atoms in total. The van der Waals surface area contributed by atoms with E-state index in [1.54, 1.807) is 0 Å². The third-order valence-electron chi connectivity index (χ3n) is 12.2. The van der Waals surface area contributed by atoms with Gasteiger partial charge in [-0.15, -0.1) is 0 Å². The van der Waals surface area contributed by atoms with Gasteiger partial charge >= 0.3 is 5.97 Å². The third kappa shape index (κ3) is 45.9. The molecule has 0 spiro atoms. The molecule has 0 aliphatic carbocycles. The Morgan fingerprint density at radius 2 is 0.867 bits per heavy atom. The normalized spacial score (nSPS) is 12.8. The fourth-order valence-corrected chi connectivity index (χ4v) is 8.15. The van der Waals surface area contributed by atoms with Gasteiger partial charge in [0.15, 0.2) is 0 Å². The maximum atomic E-state index is 12.4. The summed E-state index contributed by atoms with van der Waals surface area (Å²) in [5.41, 5.74) is 0. The SMILES string of the molecule is CCC/C=C\C/C=C\CCCCCCCC(=O)OCCCCCCCCCCCCCCCCCCCCCCC(=O)NC(CO)C(O)CCCCCCCCCCCC. The zero-order chi connectivity index (χ0) is 43.7. The van der Waals surface area contributed by atoms with Crippen LogP contribution in [-0.2, 0) is 14.3 Å². The fourth-order valence-electron chi connectivity index (χ4n) is 8.15. The summed E-state index contributed by atoms with van der Waals surface area (Å²) in [5, 5.41) is 23.1. The molecule has 3 N–H and O–H groups in total. The van der Waals surface area contributed by atoms with Gasteiger partial charge in [0.2, 0.25) is 5.91 Å². The first-order chi connectivity index (χ1) is 29.5. The number of esters is 1. The highest BCUT2D eigenvalue weighted by atomic mass is 16.5. The van der Waals surface area contributed by atoms with Gasteiger partial charge in [-0.25, -0.2) is 0 Å². The Labute approximate surface area is 373 Å². The van der Waals surface area contributed by atoms with Gasteiger partial charge in [0, 0.05) is 12.8 Å². The largest absolute Gasteiger partial charge is 0.466 e. The molecule has 0 saturated carbocycles. The molecular formula is C54H103NO5. The van der Waals surface area contributed by atoms with Crippen LogP contribution in [0.25, 0.3) is 0 Å². The van der Waals surface area contributed by atoms with E-state index in [0.717, 1.165) is 51.4 Å². The molecule has 0 saturated heterocycles. The summed E-state index contributed by atoms with van der Waals surface area (Å²) in [4.78, 5) is 24.4. The van der Waals surface area contributed by atoms with Crippen molar-refractivity contribution in [3.05, 3.63) is 24.3 Å². The summed E-state index contributed by atoms with van der Waals surface area (Å²) in [7, 11) is 0. The van der Waals surface area contributed by atoms with Crippen molar-refractivity contribution in [2.45, 2.75) is 296 Å². The number of unbranched alkanes of at least 4 members (excludes halogenated alkanes) is 34. The Morgan fingerprint density at radius 3 is 1.33 bits per heavy atom. The Morgan fingerprint density at radius 1 is 0.467 bits per heavy atom. The molecule has 2 unspecified atom stereocenters. The van der Waals surface area contributed by atoms with Crippen LogP contribution in [0.5, 0.6) is 0 Å². The van der Waals surface area contributed by atoms with E-state index in [9.17, 15) is 19.8 Å². The minimum atomic E-state index is -0.663. The van der Waals surface area contributed by atoms with Crippen molar-refractivity contribution >= 4 is 11.9 Å². The summed E-state index contributed by atoms with van der Waals surface area (Å²) in [6.45, 7) is 4.86. The molecule has 0 aliphatic heterocycles. The molecule has 0 fully saturated rings. The second-order valence-corrected chi connectivity index (χ2v) is 18.2. The number of aliphatic hydroxyl groups excluding tert-OH is 2. The van der Waals surface area contributed by atoms with Crippen LogP contribution in [0, 0.1) is 0 Å². The first kappa shape index (κ1) is 58.3. The van der Waals surface area contributed by atoms with Crippen LogP contribution in [0.3, 0.4) is 0 Å². The number of rotatable bonds is 49. The average Bonchev–Trinajstić information content (AvgIpc) is 3.25. The van der Waals surface area contributed by atoms with Crippen LogP contribution < -0.4 is 5.32 Å². The number of carbonyl (C=O) groups excluding carboxylic acids is 2. The molecule has 60 heavy (non-hydrogen) atoms. The highest BCUT2D eigenvalue weighted by Crippen LogP contribution is 2.17. The number of amides is 1. The second kappa shape index (κ2) is 50.0. The van der Waals surface area contributed by atoms with Crippen molar-refractivity contribution < 1.29 is 24.5 Å². The Kier molecular flexibility index (Phi) is 48.6. The lowest BCUT2D eigenvalue weighted by Crippen LogP contribution is -2.45. The number of aliphatic hydroxyl groups is 2. The number of ether oxygens (including phenoxy) is 1. The van der Waals surface area contributed by atoms with Crippen molar-refractivity contribution in [1.82, 2.24) is 5.32 Å². The Hall–Kier alpha value is -1.66. The summed E-state index contributed by atoms with van der Waals surface area (Å²) >= 11 is 0. The number of nitrogens with one attached hydrogen (secondary N) is 1. The summed E-state index contributed by atoms with van der Waals surface area (Å²) < 4.78 is 5.46.